The first-order valence-corrected chi connectivity index (χ1v) is 6.68. The third kappa shape index (κ3) is 4.01. The molecule has 1 amide bonds. The van der Waals surface area contributed by atoms with Crippen LogP contribution in [-0.4, -0.2) is 23.8 Å². The topological polar surface area (TPSA) is 20.3 Å². The SMILES string of the molecule is CC1CC1CCN(Cc1ccccc1)C(=O)C(F)F. The highest BCUT2D eigenvalue weighted by Gasteiger charge is 2.33. The quantitative estimate of drug-likeness (QED) is 0.774. The van der Waals surface area contributed by atoms with Gasteiger partial charge < -0.3 is 4.90 Å². The van der Waals surface area contributed by atoms with Crippen molar-refractivity contribution in [2.24, 2.45) is 11.8 Å². The Labute approximate surface area is 112 Å². The molecular formula is C15H19F2NO. The van der Waals surface area contributed by atoms with E-state index >= 15 is 0 Å². The van der Waals surface area contributed by atoms with E-state index in [0.29, 0.717) is 18.4 Å². The summed E-state index contributed by atoms with van der Waals surface area (Å²) < 4.78 is 25.2. The molecule has 0 saturated heterocycles. The van der Waals surface area contributed by atoms with Gasteiger partial charge in [-0.2, -0.15) is 8.78 Å². The van der Waals surface area contributed by atoms with Crippen LogP contribution in [0, 0.1) is 11.8 Å². The van der Waals surface area contributed by atoms with Gasteiger partial charge in [0.05, 0.1) is 0 Å². The maximum absolute atomic E-state index is 12.6. The van der Waals surface area contributed by atoms with Gasteiger partial charge in [-0.05, 0) is 30.2 Å². The smallest absolute Gasteiger partial charge is 0.315 e. The van der Waals surface area contributed by atoms with Crippen LogP contribution in [0.5, 0.6) is 0 Å². The Balaban J connectivity index is 1.95. The molecule has 0 bridgehead atoms. The van der Waals surface area contributed by atoms with E-state index in [1.165, 1.54) is 4.90 Å². The van der Waals surface area contributed by atoms with Gasteiger partial charge in [-0.15, -0.1) is 0 Å². The van der Waals surface area contributed by atoms with Crippen molar-refractivity contribution in [3.8, 4) is 0 Å². The average molecular weight is 267 g/mol. The lowest BCUT2D eigenvalue weighted by Crippen LogP contribution is -2.36. The van der Waals surface area contributed by atoms with Crippen molar-refractivity contribution in [1.82, 2.24) is 4.90 Å². The van der Waals surface area contributed by atoms with Crippen LogP contribution in [0.4, 0.5) is 8.78 Å². The molecule has 2 unspecified atom stereocenters. The monoisotopic (exact) mass is 267 g/mol. The summed E-state index contributed by atoms with van der Waals surface area (Å²) in [5, 5.41) is 0. The third-order valence-corrected chi connectivity index (χ3v) is 3.76. The first-order valence-electron chi connectivity index (χ1n) is 6.68. The van der Waals surface area contributed by atoms with Crippen LogP contribution in [0.25, 0.3) is 0 Å². The first-order chi connectivity index (χ1) is 9.08. The molecule has 104 valence electrons. The lowest BCUT2D eigenvalue weighted by molar-refractivity contribution is -0.143. The number of hydrogen-bond donors (Lipinski definition) is 0. The molecule has 1 aliphatic carbocycles. The number of amides is 1. The number of alkyl halides is 2. The van der Waals surface area contributed by atoms with Crippen molar-refractivity contribution in [1.29, 1.82) is 0 Å². The number of halogens is 2. The zero-order chi connectivity index (χ0) is 13.8. The Morgan fingerprint density at radius 1 is 1.37 bits per heavy atom. The second-order valence-electron chi connectivity index (χ2n) is 5.31. The molecule has 0 heterocycles. The highest BCUT2D eigenvalue weighted by atomic mass is 19.3. The van der Waals surface area contributed by atoms with Crippen LogP contribution in [0.3, 0.4) is 0 Å². The fourth-order valence-electron chi connectivity index (χ4n) is 2.33. The van der Waals surface area contributed by atoms with Gasteiger partial charge in [0.1, 0.15) is 0 Å². The van der Waals surface area contributed by atoms with Gasteiger partial charge in [0.25, 0.3) is 5.91 Å². The van der Waals surface area contributed by atoms with Crippen LogP contribution in [-0.2, 0) is 11.3 Å². The molecule has 1 fully saturated rings. The van der Waals surface area contributed by atoms with Gasteiger partial charge in [0.15, 0.2) is 0 Å². The molecule has 1 saturated carbocycles. The van der Waals surface area contributed by atoms with Crippen LogP contribution in [0.2, 0.25) is 0 Å². The first kappa shape index (κ1) is 14.0. The van der Waals surface area contributed by atoms with Crippen molar-refractivity contribution >= 4 is 5.91 Å². The highest BCUT2D eigenvalue weighted by Crippen LogP contribution is 2.40. The molecule has 1 aromatic carbocycles. The number of benzene rings is 1. The lowest BCUT2D eigenvalue weighted by atomic mass is 10.2. The molecule has 4 heteroatoms. The Hall–Kier alpha value is -1.45. The minimum absolute atomic E-state index is 0.269. The molecule has 2 atom stereocenters. The third-order valence-electron chi connectivity index (χ3n) is 3.76. The molecule has 1 aliphatic rings. The van der Waals surface area contributed by atoms with E-state index in [9.17, 15) is 13.6 Å². The van der Waals surface area contributed by atoms with E-state index in [1.54, 1.807) is 0 Å². The second-order valence-corrected chi connectivity index (χ2v) is 5.31. The summed E-state index contributed by atoms with van der Waals surface area (Å²) in [6.45, 7) is 2.85. The Morgan fingerprint density at radius 2 is 2.00 bits per heavy atom. The summed E-state index contributed by atoms with van der Waals surface area (Å²) in [5.41, 5.74) is 0.889. The average Bonchev–Trinajstić information content (AvgIpc) is 3.10. The number of carbonyl (C=O) groups excluding carboxylic acids is 1. The van der Waals surface area contributed by atoms with Crippen LogP contribution in [0.15, 0.2) is 30.3 Å². The molecule has 2 nitrogen and oxygen atoms in total. The van der Waals surface area contributed by atoms with Crippen LogP contribution < -0.4 is 0 Å². The summed E-state index contributed by atoms with van der Waals surface area (Å²) >= 11 is 0. The molecule has 2 rings (SSSR count). The number of rotatable bonds is 6. The standard InChI is InChI=1S/C15H19F2NO/c1-11-9-13(11)7-8-18(15(19)14(16)17)10-12-5-3-2-4-6-12/h2-6,11,13-14H,7-10H2,1H3. The zero-order valence-electron chi connectivity index (χ0n) is 11.1. The van der Waals surface area contributed by atoms with Gasteiger partial charge in [-0.25, -0.2) is 0 Å². The maximum Gasteiger partial charge on any atom is 0.315 e. The minimum atomic E-state index is -2.92. The molecular weight excluding hydrogens is 248 g/mol. The molecule has 0 spiro atoms. The van der Waals surface area contributed by atoms with Crippen molar-refractivity contribution in [2.45, 2.75) is 32.7 Å². The largest absolute Gasteiger partial charge is 0.333 e. The summed E-state index contributed by atoms with van der Waals surface area (Å²) in [6, 6.07) is 9.28. The minimum Gasteiger partial charge on any atom is -0.333 e. The molecule has 1 aromatic rings. The van der Waals surface area contributed by atoms with Gasteiger partial charge in [0, 0.05) is 13.1 Å². The predicted molar refractivity (Wildman–Crippen MR) is 69.8 cm³/mol. The molecule has 0 aliphatic heterocycles. The summed E-state index contributed by atoms with van der Waals surface area (Å²) in [4.78, 5) is 12.8. The fourth-order valence-corrected chi connectivity index (χ4v) is 2.33. The Morgan fingerprint density at radius 3 is 2.53 bits per heavy atom. The van der Waals surface area contributed by atoms with Gasteiger partial charge in [0.2, 0.25) is 0 Å². The molecule has 0 aromatic heterocycles. The van der Waals surface area contributed by atoms with Crippen molar-refractivity contribution < 1.29 is 13.6 Å². The van der Waals surface area contributed by atoms with Gasteiger partial charge in [-0.1, -0.05) is 37.3 Å². The van der Waals surface area contributed by atoms with E-state index in [-0.39, 0.29) is 6.54 Å². The zero-order valence-corrected chi connectivity index (χ0v) is 11.1. The van der Waals surface area contributed by atoms with E-state index in [0.717, 1.165) is 18.4 Å². The molecule has 19 heavy (non-hydrogen) atoms. The van der Waals surface area contributed by atoms with E-state index in [4.69, 9.17) is 0 Å². The van der Waals surface area contributed by atoms with Crippen LogP contribution >= 0.6 is 0 Å². The van der Waals surface area contributed by atoms with Crippen molar-refractivity contribution in [3.63, 3.8) is 0 Å². The van der Waals surface area contributed by atoms with E-state index in [1.807, 2.05) is 30.3 Å². The normalized spacial score (nSPS) is 21.5. The van der Waals surface area contributed by atoms with E-state index in [2.05, 4.69) is 6.92 Å². The lowest BCUT2D eigenvalue weighted by Gasteiger charge is -2.22. The molecule has 0 N–H and O–H groups in total. The molecule has 0 radical (unpaired) electrons. The summed E-state index contributed by atoms with van der Waals surface area (Å²) in [7, 11) is 0. The maximum atomic E-state index is 12.6. The number of carbonyl (C=O) groups is 1. The van der Waals surface area contributed by atoms with E-state index < -0.39 is 12.3 Å². The van der Waals surface area contributed by atoms with Crippen molar-refractivity contribution in [2.75, 3.05) is 6.54 Å². The second kappa shape index (κ2) is 6.13. The highest BCUT2D eigenvalue weighted by molar-refractivity contribution is 5.79. The Kier molecular flexibility index (Phi) is 4.51. The number of nitrogens with zero attached hydrogens (tertiary/aromatic N) is 1. The Bertz CT molecular complexity index is 421. The summed E-state index contributed by atoms with van der Waals surface area (Å²) in [6.07, 6.45) is -0.936. The predicted octanol–water partition coefficient (Wildman–Crippen LogP) is 3.33. The fraction of sp³-hybridized carbons (Fsp3) is 0.533. The number of hydrogen-bond acceptors (Lipinski definition) is 1. The van der Waals surface area contributed by atoms with Gasteiger partial charge >= 0.3 is 6.43 Å². The van der Waals surface area contributed by atoms with Crippen molar-refractivity contribution in [3.05, 3.63) is 35.9 Å². The summed E-state index contributed by atoms with van der Waals surface area (Å²) in [5.74, 6) is 0.223. The van der Waals surface area contributed by atoms with Crippen LogP contribution in [0.1, 0.15) is 25.3 Å². The van der Waals surface area contributed by atoms with Gasteiger partial charge in [-0.3, -0.25) is 4.79 Å².